The monoisotopic (exact) mass is 325 g/mol. The van der Waals surface area contributed by atoms with Gasteiger partial charge >= 0.3 is 6.18 Å². The van der Waals surface area contributed by atoms with Crippen LogP contribution in [0.5, 0.6) is 0 Å². The summed E-state index contributed by atoms with van der Waals surface area (Å²) >= 11 is 1.68. The Labute approximate surface area is 127 Å². The molecule has 4 rings (SSSR count). The van der Waals surface area contributed by atoms with Crippen LogP contribution in [0.1, 0.15) is 16.1 Å². The van der Waals surface area contributed by atoms with Crippen molar-refractivity contribution in [1.29, 1.82) is 0 Å². The molecule has 0 radical (unpaired) electrons. The third-order valence-electron chi connectivity index (χ3n) is 3.66. The van der Waals surface area contributed by atoms with Gasteiger partial charge in [-0.3, -0.25) is 0 Å². The van der Waals surface area contributed by atoms with Crippen molar-refractivity contribution >= 4 is 22.9 Å². The van der Waals surface area contributed by atoms with Crippen molar-refractivity contribution in [3.05, 3.63) is 40.0 Å². The van der Waals surface area contributed by atoms with Gasteiger partial charge in [0.1, 0.15) is 12.1 Å². The number of anilines is 1. The summed E-state index contributed by atoms with van der Waals surface area (Å²) < 4.78 is 40.4. The van der Waals surface area contributed by atoms with Crippen molar-refractivity contribution in [1.82, 2.24) is 19.6 Å². The van der Waals surface area contributed by atoms with Gasteiger partial charge in [-0.2, -0.15) is 27.8 Å². The highest BCUT2D eigenvalue weighted by molar-refractivity contribution is 7.10. The van der Waals surface area contributed by atoms with Gasteiger partial charge in [0.05, 0.1) is 0 Å². The molecular formula is C13H10F3N5S. The largest absolute Gasteiger partial charge is 0.433 e. The average molecular weight is 325 g/mol. The van der Waals surface area contributed by atoms with E-state index < -0.39 is 11.9 Å². The lowest BCUT2D eigenvalue weighted by atomic mass is 10.1. The molecule has 3 aromatic rings. The lowest BCUT2D eigenvalue weighted by molar-refractivity contribution is -0.141. The molecule has 0 atom stereocenters. The van der Waals surface area contributed by atoms with Crippen LogP contribution < -0.4 is 4.90 Å². The topological polar surface area (TPSA) is 46.3 Å². The van der Waals surface area contributed by atoms with Crippen LogP contribution in [-0.4, -0.2) is 26.1 Å². The van der Waals surface area contributed by atoms with Gasteiger partial charge in [0.25, 0.3) is 5.78 Å². The standard InChI is InChI=1S/C13H10F3N5S/c14-13(15,16)10-5-11(21-12(19-10)17-7-18-21)20-3-1-9-8(6-20)2-4-22-9/h2,4-5,7H,1,3,6H2. The molecule has 9 heteroatoms. The summed E-state index contributed by atoms with van der Waals surface area (Å²) in [7, 11) is 0. The van der Waals surface area contributed by atoms with E-state index in [4.69, 9.17) is 0 Å². The number of hydrogen-bond donors (Lipinski definition) is 0. The number of halogens is 3. The molecule has 3 aromatic heterocycles. The van der Waals surface area contributed by atoms with E-state index in [2.05, 4.69) is 15.1 Å². The molecule has 0 fully saturated rings. The van der Waals surface area contributed by atoms with Crippen molar-refractivity contribution < 1.29 is 13.2 Å². The van der Waals surface area contributed by atoms with Crippen molar-refractivity contribution in [2.75, 3.05) is 11.4 Å². The Hall–Kier alpha value is -2.16. The minimum atomic E-state index is -4.51. The Balaban J connectivity index is 1.82. The van der Waals surface area contributed by atoms with Crippen molar-refractivity contribution in [2.45, 2.75) is 19.1 Å². The van der Waals surface area contributed by atoms with Crippen LogP contribution in [0.2, 0.25) is 0 Å². The van der Waals surface area contributed by atoms with Crippen LogP contribution in [0.4, 0.5) is 19.0 Å². The lowest BCUT2D eigenvalue weighted by Gasteiger charge is -2.29. The van der Waals surface area contributed by atoms with Gasteiger partial charge in [-0.15, -0.1) is 11.3 Å². The predicted molar refractivity (Wildman–Crippen MR) is 74.9 cm³/mol. The molecule has 0 saturated carbocycles. The van der Waals surface area contributed by atoms with Crippen molar-refractivity contribution in [3.8, 4) is 0 Å². The molecule has 1 aliphatic rings. The number of aromatic nitrogens is 4. The highest BCUT2D eigenvalue weighted by Gasteiger charge is 2.35. The van der Waals surface area contributed by atoms with Crippen LogP contribution in [0.25, 0.3) is 5.78 Å². The third-order valence-corrected chi connectivity index (χ3v) is 4.68. The van der Waals surface area contributed by atoms with Crippen LogP contribution in [0, 0.1) is 0 Å². The van der Waals surface area contributed by atoms with Gasteiger partial charge in [0.15, 0.2) is 5.69 Å². The molecule has 114 valence electrons. The van der Waals surface area contributed by atoms with E-state index in [0.29, 0.717) is 18.9 Å². The first-order chi connectivity index (χ1) is 10.5. The molecule has 4 heterocycles. The quantitative estimate of drug-likeness (QED) is 0.690. The highest BCUT2D eigenvalue weighted by atomic mass is 32.1. The maximum Gasteiger partial charge on any atom is 0.433 e. The molecular weight excluding hydrogens is 315 g/mol. The zero-order valence-corrected chi connectivity index (χ0v) is 12.0. The number of alkyl halides is 3. The van der Waals surface area contributed by atoms with Crippen LogP contribution in [0.3, 0.4) is 0 Å². The molecule has 0 spiro atoms. The molecule has 0 N–H and O–H groups in total. The Morgan fingerprint density at radius 2 is 2.14 bits per heavy atom. The van der Waals surface area contributed by atoms with E-state index in [-0.39, 0.29) is 5.78 Å². The van der Waals surface area contributed by atoms with E-state index in [1.165, 1.54) is 15.7 Å². The summed E-state index contributed by atoms with van der Waals surface area (Å²) in [6.07, 6.45) is -2.48. The van der Waals surface area contributed by atoms with Gasteiger partial charge < -0.3 is 4.90 Å². The summed E-state index contributed by atoms with van der Waals surface area (Å²) in [6, 6.07) is 3.05. The van der Waals surface area contributed by atoms with Crippen molar-refractivity contribution in [2.24, 2.45) is 0 Å². The van der Waals surface area contributed by atoms with Crippen LogP contribution in [0.15, 0.2) is 23.8 Å². The first kappa shape index (κ1) is 13.5. The van der Waals surface area contributed by atoms with Crippen LogP contribution in [-0.2, 0) is 19.1 Å². The van der Waals surface area contributed by atoms with E-state index in [0.717, 1.165) is 18.1 Å². The number of rotatable bonds is 1. The molecule has 0 unspecified atom stereocenters. The maximum atomic E-state index is 13.0. The fourth-order valence-electron chi connectivity index (χ4n) is 2.61. The molecule has 0 aromatic carbocycles. The predicted octanol–water partition coefficient (Wildman–Crippen LogP) is 2.77. The van der Waals surface area contributed by atoms with Crippen molar-refractivity contribution in [3.63, 3.8) is 0 Å². The minimum Gasteiger partial charge on any atom is -0.352 e. The van der Waals surface area contributed by atoms with Gasteiger partial charge in [0, 0.05) is 24.0 Å². The summed E-state index contributed by atoms with van der Waals surface area (Å²) in [6.45, 7) is 1.21. The molecule has 1 aliphatic heterocycles. The minimum absolute atomic E-state index is 0.0408. The second-order valence-corrected chi connectivity index (χ2v) is 6.01. The zero-order valence-electron chi connectivity index (χ0n) is 11.2. The molecule has 0 bridgehead atoms. The summed E-state index contributed by atoms with van der Waals surface area (Å²) in [5.74, 6) is 0.326. The van der Waals surface area contributed by atoms with Gasteiger partial charge in [-0.05, 0) is 23.4 Å². The second-order valence-electron chi connectivity index (χ2n) is 5.01. The normalized spacial score (nSPS) is 15.3. The fraction of sp³-hybridized carbons (Fsp3) is 0.308. The van der Waals surface area contributed by atoms with Gasteiger partial charge in [-0.1, -0.05) is 0 Å². The first-order valence-electron chi connectivity index (χ1n) is 6.60. The third kappa shape index (κ3) is 2.12. The maximum absolute atomic E-state index is 13.0. The summed E-state index contributed by atoms with van der Waals surface area (Å²) in [4.78, 5) is 10.5. The Morgan fingerprint density at radius 1 is 1.27 bits per heavy atom. The SMILES string of the molecule is FC(F)(F)c1cc(N2CCc3sccc3C2)n2ncnc2n1. The molecule has 0 saturated heterocycles. The van der Waals surface area contributed by atoms with E-state index >= 15 is 0 Å². The number of fused-ring (bicyclic) bond motifs is 2. The first-order valence-corrected chi connectivity index (χ1v) is 7.48. The second kappa shape index (κ2) is 4.67. The lowest BCUT2D eigenvalue weighted by Crippen LogP contribution is -2.31. The number of thiophene rings is 1. The fourth-order valence-corrected chi connectivity index (χ4v) is 3.50. The van der Waals surface area contributed by atoms with Gasteiger partial charge in [-0.25, -0.2) is 4.98 Å². The molecule has 0 amide bonds. The summed E-state index contributed by atoms with van der Waals surface area (Å²) in [5.41, 5.74) is 0.203. The van der Waals surface area contributed by atoms with Gasteiger partial charge in [0.2, 0.25) is 0 Å². The molecule has 22 heavy (non-hydrogen) atoms. The average Bonchev–Trinajstić information content (AvgIpc) is 3.13. The Kier molecular flexibility index (Phi) is 2.86. The Morgan fingerprint density at radius 3 is 2.95 bits per heavy atom. The highest BCUT2D eigenvalue weighted by Crippen LogP contribution is 2.32. The summed E-state index contributed by atoms with van der Waals surface area (Å²) in [5, 5.41) is 6.00. The van der Waals surface area contributed by atoms with E-state index in [1.54, 1.807) is 11.3 Å². The smallest absolute Gasteiger partial charge is 0.352 e. The Bertz CT molecular complexity index is 838. The zero-order chi connectivity index (χ0) is 15.3. The number of nitrogens with zero attached hydrogens (tertiary/aromatic N) is 5. The van der Waals surface area contributed by atoms with Crippen LogP contribution >= 0.6 is 11.3 Å². The van der Waals surface area contributed by atoms with E-state index in [1.807, 2.05) is 16.3 Å². The molecule has 0 aliphatic carbocycles. The molecule has 5 nitrogen and oxygen atoms in total. The van der Waals surface area contributed by atoms with E-state index in [9.17, 15) is 13.2 Å². The number of hydrogen-bond acceptors (Lipinski definition) is 5.